The van der Waals surface area contributed by atoms with Gasteiger partial charge in [0.25, 0.3) is 0 Å². The number of benzene rings is 1. The first-order valence-electron chi connectivity index (χ1n) is 5.44. The molecule has 1 atom stereocenters. The number of ether oxygens (including phenoxy) is 1. The van der Waals surface area contributed by atoms with Crippen molar-refractivity contribution in [3.63, 3.8) is 0 Å². The summed E-state index contributed by atoms with van der Waals surface area (Å²) in [5, 5.41) is 20.6. The van der Waals surface area contributed by atoms with Crippen molar-refractivity contribution >= 4 is 34.2 Å². The molecule has 1 rings (SSSR count). The Morgan fingerprint density at radius 2 is 2.26 bits per heavy atom. The van der Waals surface area contributed by atoms with Gasteiger partial charge in [0.15, 0.2) is 5.75 Å². The van der Waals surface area contributed by atoms with Crippen LogP contribution in [0.2, 0.25) is 0 Å². The minimum atomic E-state index is -0.969. The Bertz CT molecular complexity index is 506. The lowest BCUT2D eigenvalue weighted by atomic mass is 10.0. The fraction of sp³-hybridized carbons (Fsp3) is 0.364. The molecule has 0 saturated heterocycles. The smallest absolute Gasteiger partial charge is 0.323 e. The van der Waals surface area contributed by atoms with E-state index in [0.29, 0.717) is 3.57 Å². The Morgan fingerprint density at radius 3 is 2.79 bits per heavy atom. The zero-order valence-corrected chi connectivity index (χ0v) is 12.3. The lowest BCUT2D eigenvalue weighted by Gasteiger charge is -2.12. The van der Waals surface area contributed by atoms with E-state index in [1.54, 1.807) is 13.0 Å². The van der Waals surface area contributed by atoms with Crippen molar-refractivity contribution < 1.29 is 19.6 Å². The van der Waals surface area contributed by atoms with Gasteiger partial charge in [-0.05, 0) is 35.6 Å². The Hall–Kier alpha value is -1.42. The average Bonchev–Trinajstić information content (AvgIpc) is 2.33. The molecule has 0 fully saturated rings. The number of phenols is 1. The van der Waals surface area contributed by atoms with Gasteiger partial charge >= 0.3 is 11.7 Å². The van der Waals surface area contributed by atoms with Crippen LogP contribution < -0.4 is 5.73 Å². The SMILES string of the molecule is CCOC(=O)C(N)Cc1cc(I)cc([N+](=O)[O-])c1O. The molecule has 7 nitrogen and oxygen atoms in total. The molecular weight excluding hydrogens is 367 g/mol. The summed E-state index contributed by atoms with van der Waals surface area (Å²) in [5.74, 6) is -1.08. The van der Waals surface area contributed by atoms with Crippen molar-refractivity contribution in [3.8, 4) is 5.75 Å². The second-order valence-electron chi connectivity index (χ2n) is 3.75. The molecule has 1 unspecified atom stereocenters. The Morgan fingerprint density at radius 1 is 1.63 bits per heavy atom. The number of nitrogens with zero attached hydrogens (tertiary/aromatic N) is 1. The third kappa shape index (κ3) is 4.03. The van der Waals surface area contributed by atoms with Crippen LogP contribution in [0.5, 0.6) is 5.75 Å². The summed E-state index contributed by atoms with van der Waals surface area (Å²) in [6, 6.07) is 1.82. The quantitative estimate of drug-likeness (QED) is 0.345. The molecule has 0 saturated carbocycles. The predicted octanol–water partition coefficient (Wildman–Crippen LogP) is 1.34. The summed E-state index contributed by atoms with van der Waals surface area (Å²) in [7, 11) is 0. The van der Waals surface area contributed by atoms with E-state index in [9.17, 15) is 20.0 Å². The highest BCUT2D eigenvalue weighted by Gasteiger charge is 2.22. The first-order chi connectivity index (χ1) is 8.86. The molecule has 19 heavy (non-hydrogen) atoms. The van der Waals surface area contributed by atoms with Crippen LogP contribution in [0.1, 0.15) is 12.5 Å². The maximum atomic E-state index is 11.4. The summed E-state index contributed by atoms with van der Waals surface area (Å²) in [4.78, 5) is 21.5. The molecule has 104 valence electrons. The van der Waals surface area contributed by atoms with Crippen molar-refractivity contribution in [1.29, 1.82) is 0 Å². The lowest BCUT2D eigenvalue weighted by molar-refractivity contribution is -0.386. The third-order valence-corrected chi connectivity index (χ3v) is 2.98. The number of hydrogen-bond acceptors (Lipinski definition) is 6. The number of carbonyl (C=O) groups is 1. The number of rotatable bonds is 5. The number of nitro benzene ring substituents is 1. The molecule has 1 aromatic rings. The molecule has 0 heterocycles. The molecule has 3 N–H and O–H groups in total. The van der Waals surface area contributed by atoms with Crippen LogP contribution in [0, 0.1) is 13.7 Å². The van der Waals surface area contributed by atoms with Crippen LogP contribution in [0.15, 0.2) is 12.1 Å². The normalized spacial score (nSPS) is 11.9. The van der Waals surface area contributed by atoms with Crippen molar-refractivity contribution in [2.24, 2.45) is 5.73 Å². The Kier molecular flexibility index (Phi) is 5.48. The van der Waals surface area contributed by atoms with Crippen LogP contribution in [-0.2, 0) is 16.0 Å². The topological polar surface area (TPSA) is 116 Å². The van der Waals surface area contributed by atoms with Gasteiger partial charge in [-0.2, -0.15) is 0 Å². The van der Waals surface area contributed by atoms with Crippen LogP contribution >= 0.6 is 22.6 Å². The van der Waals surface area contributed by atoms with Gasteiger partial charge in [0.1, 0.15) is 6.04 Å². The minimum absolute atomic E-state index is 0.0254. The Balaban J connectivity index is 3.01. The van der Waals surface area contributed by atoms with Crippen molar-refractivity contribution in [2.75, 3.05) is 6.61 Å². The average molecular weight is 380 g/mol. The molecule has 1 aromatic carbocycles. The number of hydrogen-bond donors (Lipinski definition) is 2. The number of halogens is 1. The van der Waals surface area contributed by atoms with Gasteiger partial charge in [-0.25, -0.2) is 0 Å². The zero-order chi connectivity index (χ0) is 14.6. The largest absolute Gasteiger partial charge is 0.502 e. The van der Waals surface area contributed by atoms with Crippen molar-refractivity contribution in [3.05, 3.63) is 31.4 Å². The summed E-state index contributed by atoms with van der Waals surface area (Å²) < 4.78 is 5.32. The highest BCUT2D eigenvalue weighted by molar-refractivity contribution is 14.1. The molecular formula is C11H13IN2O5. The van der Waals surface area contributed by atoms with E-state index in [1.807, 2.05) is 22.6 Å². The maximum absolute atomic E-state index is 11.4. The monoisotopic (exact) mass is 380 g/mol. The predicted molar refractivity (Wildman–Crippen MR) is 75.8 cm³/mol. The standard InChI is InChI=1S/C11H13IN2O5/c1-2-19-11(16)8(13)4-6-3-7(12)5-9(10(6)15)14(17)18/h3,5,8,15H,2,4,13H2,1H3. The number of aromatic hydroxyl groups is 1. The van der Waals surface area contributed by atoms with Crippen LogP contribution in [0.25, 0.3) is 0 Å². The molecule has 0 aliphatic carbocycles. The van der Waals surface area contributed by atoms with E-state index in [2.05, 4.69) is 0 Å². The zero-order valence-electron chi connectivity index (χ0n) is 10.1. The van der Waals surface area contributed by atoms with Gasteiger partial charge < -0.3 is 15.6 Å². The van der Waals surface area contributed by atoms with Crippen molar-refractivity contribution in [2.45, 2.75) is 19.4 Å². The second kappa shape index (κ2) is 6.66. The minimum Gasteiger partial charge on any atom is -0.502 e. The fourth-order valence-electron chi connectivity index (χ4n) is 1.50. The van der Waals surface area contributed by atoms with E-state index in [1.165, 1.54) is 6.07 Å². The molecule has 8 heteroatoms. The molecule has 0 bridgehead atoms. The highest BCUT2D eigenvalue weighted by Crippen LogP contribution is 2.32. The van der Waals surface area contributed by atoms with Gasteiger partial charge in [-0.1, -0.05) is 0 Å². The molecule has 0 aliphatic heterocycles. The number of carbonyl (C=O) groups excluding carboxylic acids is 1. The molecule has 0 spiro atoms. The number of esters is 1. The van der Waals surface area contributed by atoms with E-state index < -0.39 is 28.4 Å². The maximum Gasteiger partial charge on any atom is 0.323 e. The molecule has 0 radical (unpaired) electrons. The van der Waals surface area contributed by atoms with Crippen LogP contribution in [0.4, 0.5) is 5.69 Å². The number of nitro groups is 1. The summed E-state index contributed by atoms with van der Waals surface area (Å²) in [6.07, 6.45) is -0.0254. The first kappa shape index (κ1) is 15.6. The molecule has 0 amide bonds. The lowest BCUT2D eigenvalue weighted by Crippen LogP contribution is -2.34. The second-order valence-corrected chi connectivity index (χ2v) is 5.00. The van der Waals surface area contributed by atoms with Crippen LogP contribution in [-0.4, -0.2) is 28.6 Å². The van der Waals surface area contributed by atoms with E-state index in [0.717, 1.165) is 0 Å². The summed E-state index contributed by atoms with van der Waals surface area (Å²) in [6.45, 7) is 1.85. The first-order valence-corrected chi connectivity index (χ1v) is 6.52. The van der Waals surface area contributed by atoms with Gasteiger partial charge in [0.05, 0.1) is 11.5 Å². The van der Waals surface area contributed by atoms with Gasteiger partial charge in [-0.3, -0.25) is 14.9 Å². The van der Waals surface area contributed by atoms with E-state index in [-0.39, 0.29) is 18.6 Å². The summed E-state index contributed by atoms with van der Waals surface area (Å²) >= 11 is 1.89. The summed E-state index contributed by atoms with van der Waals surface area (Å²) in [5.41, 5.74) is 5.47. The fourth-order valence-corrected chi connectivity index (χ4v) is 2.18. The van der Waals surface area contributed by atoms with E-state index in [4.69, 9.17) is 10.5 Å². The number of nitrogens with two attached hydrogens (primary N) is 1. The molecule has 0 aliphatic rings. The molecule has 0 aromatic heterocycles. The van der Waals surface area contributed by atoms with Crippen molar-refractivity contribution in [1.82, 2.24) is 0 Å². The van der Waals surface area contributed by atoms with Crippen LogP contribution in [0.3, 0.4) is 0 Å². The Labute approximate surface area is 123 Å². The third-order valence-electron chi connectivity index (χ3n) is 2.36. The van der Waals surface area contributed by atoms with Gasteiger partial charge in [0, 0.05) is 21.6 Å². The van der Waals surface area contributed by atoms with E-state index >= 15 is 0 Å². The van der Waals surface area contributed by atoms with Gasteiger partial charge in [-0.15, -0.1) is 0 Å². The number of phenolic OH excluding ortho intramolecular Hbond substituents is 1. The van der Waals surface area contributed by atoms with Gasteiger partial charge in [0.2, 0.25) is 0 Å². The highest BCUT2D eigenvalue weighted by atomic mass is 127.